The fourth-order valence-electron chi connectivity index (χ4n) is 1.05. The standard InChI is InChI=1S/C10H13O/c1-4-9-5-8(2)6-10(7-9)11-3/h5-7H,2,4H2,1,3H3. The molecule has 0 bridgehead atoms. The second-order valence-electron chi connectivity index (χ2n) is 2.54. The lowest BCUT2D eigenvalue weighted by atomic mass is 10.1. The van der Waals surface area contributed by atoms with Crippen LogP contribution in [0.3, 0.4) is 0 Å². The predicted octanol–water partition coefficient (Wildman–Crippen LogP) is 2.44. The quantitative estimate of drug-likeness (QED) is 0.627. The Labute approximate surface area is 68.0 Å². The van der Waals surface area contributed by atoms with E-state index in [0.717, 1.165) is 17.7 Å². The monoisotopic (exact) mass is 149 g/mol. The molecule has 59 valence electrons. The van der Waals surface area contributed by atoms with Crippen LogP contribution in [0.4, 0.5) is 0 Å². The van der Waals surface area contributed by atoms with Crippen molar-refractivity contribution in [2.45, 2.75) is 13.3 Å². The molecule has 0 aromatic heterocycles. The van der Waals surface area contributed by atoms with Crippen LogP contribution in [0.2, 0.25) is 0 Å². The van der Waals surface area contributed by atoms with Crippen molar-refractivity contribution in [3.05, 3.63) is 36.2 Å². The molecule has 0 N–H and O–H groups in total. The minimum Gasteiger partial charge on any atom is -0.497 e. The molecule has 0 saturated heterocycles. The molecule has 0 saturated carbocycles. The molecule has 0 aliphatic rings. The maximum Gasteiger partial charge on any atom is 0.119 e. The van der Waals surface area contributed by atoms with Gasteiger partial charge in [0.1, 0.15) is 5.75 Å². The zero-order valence-corrected chi connectivity index (χ0v) is 7.05. The van der Waals surface area contributed by atoms with Crippen LogP contribution in [0.1, 0.15) is 18.1 Å². The van der Waals surface area contributed by atoms with Gasteiger partial charge in [-0.1, -0.05) is 13.0 Å². The van der Waals surface area contributed by atoms with Crippen LogP contribution in [0.15, 0.2) is 18.2 Å². The highest BCUT2D eigenvalue weighted by Gasteiger charge is 1.95. The maximum absolute atomic E-state index is 5.10. The fraction of sp³-hybridized carbons (Fsp3) is 0.300. The van der Waals surface area contributed by atoms with E-state index in [0.29, 0.717) is 0 Å². The molecule has 0 unspecified atom stereocenters. The van der Waals surface area contributed by atoms with Crippen LogP contribution in [-0.4, -0.2) is 7.11 Å². The average Bonchev–Trinajstić information content (AvgIpc) is 2.03. The first-order chi connectivity index (χ1) is 5.26. The fourth-order valence-corrected chi connectivity index (χ4v) is 1.05. The Kier molecular flexibility index (Phi) is 2.53. The summed E-state index contributed by atoms with van der Waals surface area (Å²) in [6.07, 6.45) is 1.03. The van der Waals surface area contributed by atoms with Gasteiger partial charge in [0.2, 0.25) is 0 Å². The summed E-state index contributed by atoms with van der Waals surface area (Å²) in [7, 11) is 1.67. The van der Waals surface area contributed by atoms with E-state index in [-0.39, 0.29) is 0 Å². The van der Waals surface area contributed by atoms with Crippen molar-refractivity contribution in [3.63, 3.8) is 0 Å². The Balaban J connectivity index is 3.02. The molecule has 1 radical (unpaired) electrons. The highest BCUT2D eigenvalue weighted by molar-refractivity contribution is 5.35. The van der Waals surface area contributed by atoms with Crippen LogP contribution in [0.25, 0.3) is 0 Å². The third-order valence-electron chi connectivity index (χ3n) is 1.67. The lowest BCUT2D eigenvalue weighted by Crippen LogP contribution is -1.87. The molecule has 1 heteroatoms. The number of benzene rings is 1. The molecule has 1 aromatic rings. The van der Waals surface area contributed by atoms with E-state index < -0.39 is 0 Å². The summed E-state index contributed by atoms with van der Waals surface area (Å²) in [4.78, 5) is 0. The summed E-state index contributed by atoms with van der Waals surface area (Å²) in [5, 5.41) is 0. The SMILES string of the molecule is [CH2]c1cc(CC)cc(OC)c1. The van der Waals surface area contributed by atoms with Crippen molar-refractivity contribution in [1.29, 1.82) is 0 Å². The Morgan fingerprint density at radius 3 is 2.64 bits per heavy atom. The van der Waals surface area contributed by atoms with Crippen molar-refractivity contribution >= 4 is 0 Å². The van der Waals surface area contributed by atoms with Crippen molar-refractivity contribution < 1.29 is 4.74 Å². The largest absolute Gasteiger partial charge is 0.497 e. The van der Waals surface area contributed by atoms with E-state index in [2.05, 4.69) is 19.9 Å². The van der Waals surface area contributed by atoms with Crippen LogP contribution in [-0.2, 0) is 6.42 Å². The normalized spacial score (nSPS) is 9.73. The van der Waals surface area contributed by atoms with E-state index in [1.165, 1.54) is 5.56 Å². The van der Waals surface area contributed by atoms with Crippen molar-refractivity contribution in [2.24, 2.45) is 0 Å². The third kappa shape index (κ3) is 1.97. The van der Waals surface area contributed by atoms with Gasteiger partial charge in [0.05, 0.1) is 7.11 Å². The molecular weight excluding hydrogens is 136 g/mol. The first-order valence-electron chi connectivity index (χ1n) is 3.76. The minimum atomic E-state index is 0.898. The summed E-state index contributed by atoms with van der Waals surface area (Å²) in [5.41, 5.74) is 2.29. The Morgan fingerprint density at radius 2 is 2.09 bits per heavy atom. The van der Waals surface area contributed by atoms with Gasteiger partial charge in [-0.05, 0) is 36.6 Å². The first kappa shape index (κ1) is 8.12. The summed E-state index contributed by atoms with van der Waals surface area (Å²) in [6.45, 7) is 5.98. The maximum atomic E-state index is 5.10. The van der Waals surface area contributed by atoms with Crippen molar-refractivity contribution in [2.75, 3.05) is 7.11 Å². The van der Waals surface area contributed by atoms with Gasteiger partial charge in [-0.2, -0.15) is 0 Å². The van der Waals surface area contributed by atoms with Crippen molar-refractivity contribution in [3.8, 4) is 5.75 Å². The van der Waals surface area contributed by atoms with Gasteiger partial charge in [-0.3, -0.25) is 0 Å². The summed E-state index contributed by atoms with van der Waals surface area (Å²) in [5.74, 6) is 0.898. The zero-order chi connectivity index (χ0) is 8.27. The highest BCUT2D eigenvalue weighted by Crippen LogP contribution is 2.16. The molecule has 0 aliphatic carbocycles. The average molecular weight is 149 g/mol. The molecule has 0 heterocycles. The molecule has 11 heavy (non-hydrogen) atoms. The van der Waals surface area contributed by atoms with Crippen molar-refractivity contribution in [1.82, 2.24) is 0 Å². The number of aryl methyl sites for hydroxylation is 1. The highest BCUT2D eigenvalue weighted by atomic mass is 16.5. The molecule has 1 nitrogen and oxygen atoms in total. The van der Waals surface area contributed by atoms with Crippen LogP contribution >= 0.6 is 0 Å². The van der Waals surface area contributed by atoms with Gasteiger partial charge in [0.25, 0.3) is 0 Å². The number of ether oxygens (including phenoxy) is 1. The minimum absolute atomic E-state index is 0.898. The topological polar surface area (TPSA) is 9.23 Å². The molecule has 0 spiro atoms. The summed E-state index contributed by atoms with van der Waals surface area (Å²) >= 11 is 0. The smallest absolute Gasteiger partial charge is 0.119 e. The van der Waals surface area contributed by atoms with E-state index in [1.807, 2.05) is 12.1 Å². The molecular formula is C10H13O. The van der Waals surface area contributed by atoms with E-state index >= 15 is 0 Å². The molecule has 0 fully saturated rings. The molecule has 1 rings (SSSR count). The van der Waals surface area contributed by atoms with Crippen LogP contribution in [0, 0.1) is 6.92 Å². The predicted molar refractivity (Wildman–Crippen MR) is 46.8 cm³/mol. The van der Waals surface area contributed by atoms with E-state index in [4.69, 9.17) is 4.74 Å². The van der Waals surface area contributed by atoms with Gasteiger partial charge in [-0.25, -0.2) is 0 Å². The molecule has 0 amide bonds. The first-order valence-corrected chi connectivity index (χ1v) is 3.76. The lowest BCUT2D eigenvalue weighted by Gasteiger charge is -2.03. The van der Waals surface area contributed by atoms with Gasteiger partial charge in [0, 0.05) is 0 Å². The number of rotatable bonds is 2. The molecule has 0 atom stereocenters. The second-order valence-corrected chi connectivity index (χ2v) is 2.54. The summed E-state index contributed by atoms with van der Waals surface area (Å²) in [6, 6.07) is 6.04. The molecule has 0 aliphatic heterocycles. The number of hydrogen-bond donors (Lipinski definition) is 0. The van der Waals surface area contributed by atoms with Crippen LogP contribution in [0.5, 0.6) is 5.75 Å². The summed E-state index contributed by atoms with van der Waals surface area (Å²) < 4.78 is 5.10. The Morgan fingerprint density at radius 1 is 1.36 bits per heavy atom. The molecule has 1 aromatic carbocycles. The van der Waals surface area contributed by atoms with E-state index in [9.17, 15) is 0 Å². The zero-order valence-electron chi connectivity index (χ0n) is 7.05. The Hall–Kier alpha value is -0.980. The number of methoxy groups -OCH3 is 1. The second kappa shape index (κ2) is 3.42. The van der Waals surface area contributed by atoms with Gasteiger partial charge in [0.15, 0.2) is 0 Å². The number of hydrogen-bond acceptors (Lipinski definition) is 1. The third-order valence-corrected chi connectivity index (χ3v) is 1.67. The van der Waals surface area contributed by atoms with Gasteiger partial charge < -0.3 is 4.74 Å². The van der Waals surface area contributed by atoms with Gasteiger partial charge in [-0.15, -0.1) is 0 Å². The van der Waals surface area contributed by atoms with Crippen LogP contribution < -0.4 is 4.74 Å². The van der Waals surface area contributed by atoms with Gasteiger partial charge >= 0.3 is 0 Å². The lowest BCUT2D eigenvalue weighted by molar-refractivity contribution is 0.414. The van der Waals surface area contributed by atoms with E-state index in [1.54, 1.807) is 7.11 Å². The Bertz CT molecular complexity index is 218.